The van der Waals surface area contributed by atoms with Crippen LogP contribution in [0.1, 0.15) is 50.2 Å². The van der Waals surface area contributed by atoms with Crippen molar-refractivity contribution in [3.8, 4) is 34.1 Å². The van der Waals surface area contributed by atoms with E-state index < -0.39 is 0 Å². The van der Waals surface area contributed by atoms with E-state index in [2.05, 4.69) is 112 Å². The van der Waals surface area contributed by atoms with Crippen molar-refractivity contribution in [2.24, 2.45) is 5.92 Å². The fraction of sp³-hybridized carbons (Fsp3) is 0.220. The molecule has 0 N–H and O–H groups in total. The van der Waals surface area contributed by atoms with Gasteiger partial charge in [-0.1, -0.05) is 75.7 Å². The maximum absolute atomic E-state index is 6.47. The molecule has 0 aliphatic carbocycles. The van der Waals surface area contributed by atoms with E-state index in [0.717, 1.165) is 64.1 Å². The Morgan fingerprint density at radius 2 is 1.62 bits per heavy atom. The van der Waals surface area contributed by atoms with E-state index in [0.29, 0.717) is 17.4 Å². The van der Waals surface area contributed by atoms with Gasteiger partial charge >= 0.3 is 21.1 Å². The summed E-state index contributed by atoms with van der Waals surface area (Å²) >= 11 is 0. The van der Waals surface area contributed by atoms with Crippen molar-refractivity contribution in [2.45, 2.75) is 53.9 Å². The second-order valence-electron chi connectivity index (χ2n) is 12.3. The largest absolute Gasteiger partial charge is 2.00 e. The van der Waals surface area contributed by atoms with Gasteiger partial charge in [-0.25, -0.2) is 4.98 Å². The number of nitrogens with zero attached hydrogens (tertiary/aromatic N) is 4. The summed E-state index contributed by atoms with van der Waals surface area (Å²) in [6.45, 7) is 10.9. The maximum Gasteiger partial charge on any atom is 2.00 e. The standard InChI is InChI=1S/C41H38N4O.Pt/c1-6-36-41(30-12-9-8-10-13-30)37(7-2)45(43-36)31-14-11-15-32(25-31)46-33-17-18-34-35-24-29(22-27(3)4)16-19-38(35)44(39(34)26-33)40-23-28(5)20-21-42-40;/h8-21,23-24,27H,6-7,22H2,1-5H3;/q-2;+2. The van der Waals surface area contributed by atoms with Crippen molar-refractivity contribution < 1.29 is 25.8 Å². The minimum atomic E-state index is 0. The van der Waals surface area contributed by atoms with Crippen LogP contribution in [0.5, 0.6) is 11.5 Å². The van der Waals surface area contributed by atoms with Crippen LogP contribution in [0, 0.1) is 25.0 Å². The molecule has 4 aromatic carbocycles. The van der Waals surface area contributed by atoms with E-state index >= 15 is 0 Å². The first-order chi connectivity index (χ1) is 22.4. The Morgan fingerprint density at radius 1 is 0.809 bits per heavy atom. The first-order valence-corrected chi connectivity index (χ1v) is 16.2. The molecular weight excluding hydrogens is 760 g/mol. The fourth-order valence-corrected chi connectivity index (χ4v) is 6.46. The van der Waals surface area contributed by atoms with E-state index in [-0.39, 0.29) is 21.1 Å². The molecule has 0 radical (unpaired) electrons. The molecule has 0 spiro atoms. The molecule has 3 heterocycles. The summed E-state index contributed by atoms with van der Waals surface area (Å²) in [7, 11) is 0. The molecule has 3 aromatic heterocycles. The molecule has 6 heteroatoms. The van der Waals surface area contributed by atoms with Gasteiger partial charge in [-0.3, -0.25) is 4.68 Å². The van der Waals surface area contributed by atoms with Crippen LogP contribution in [-0.4, -0.2) is 19.3 Å². The molecule has 7 aromatic rings. The zero-order chi connectivity index (χ0) is 31.8. The molecule has 5 nitrogen and oxygen atoms in total. The average Bonchev–Trinajstić information content (AvgIpc) is 3.60. The zero-order valence-electron chi connectivity index (χ0n) is 27.4. The van der Waals surface area contributed by atoms with Crippen molar-refractivity contribution in [3.63, 3.8) is 0 Å². The van der Waals surface area contributed by atoms with Crippen molar-refractivity contribution in [3.05, 3.63) is 132 Å². The Morgan fingerprint density at radius 3 is 2.36 bits per heavy atom. The third-order valence-corrected chi connectivity index (χ3v) is 8.47. The number of aryl methyl sites for hydroxylation is 2. The summed E-state index contributed by atoms with van der Waals surface area (Å²) in [4.78, 5) is 4.75. The second-order valence-corrected chi connectivity index (χ2v) is 12.3. The van der Waals surface area contributed by atoms with Crippen LogP contribution >= 0.6 is 0 Å². The molecule has 0 unspecified atom stereocenters. The van der Waals surface area contributed by atoms with Gasteiger partial charge in [0.25, 0.3) is 0 Å². The Labute approximate surface area is 291 Å². The third kappa shape index (κ3) is 6.29. The first kappa shape index (κ1) is 32.5. The van der Waals surface area contributed by atoms with E-state index in [1.54, 1.807) is 0 Å². The summed E-state index contributed by atoms with van der Waals surface area (Å²) in [5, 5.41) is 7.37. The van der Waals surface area contributed by atoms with Gasteiger partial charge in [0.05, 0.1) is 5.69 Å². The molecule has 238 valence electrons. The minimum Gasteiger partial charge on any atom is -0.509 e. The number of fused-ring (bicyclic) bond motifs is 3. The van der Waals surface area contributed by atoms with Crippen LogP contribution in [0.3, 0.4) is 0 Å². The minimum absolute atomic E-state index is 0. The number of aromatic nitrogens is 4. The fourth-order valence-electron chi connectivity index (χ4n) is 6.46. The molecule has 0 fully saturated rings. The SMILES string of the molecule is CCc1nn(-c2[c-]c(Oc3[c-]c4c(cc3)c3cc(CC(C)C)ccc3n4-c3cc(C)ccn3)ccc2)c(CC)c1-c1ccccc1.[Pt+2]. The monoisotopic (exact) mass is 797 g/mol. The van der Waals surface area contributed by atoms with Gasteiger partial charge in [0.1, 0.15) is 5.82 Å². The van der Waals surface area contributed by atoms with Gasteiger partial charge in [-0.15, -0.1) is 35.7 Å². The van der Waals surface area contributed by atoms with Crippen molar-refractivity contribution in [1.82, 2.24) is 19.3 Å². The topological polar surface area (TPSA) is 44.9 Å². The van der Waals surface area contributed by atoms with Crippen LogP contribution in [0.2, 0.25) is 0 Å². The van der Waals surface area contributed by atoms with Gasteiger partial charge in [-0.2, -0.15) is 17.2 Å². The molecule has 0 saturated carbocycles. The van der Waals surface area contributed by atoms with Gasteiger partial charge in [0, 0.05) is 34.5 Å². The number of hydrogen-bond acceptors (Lipinski definition) is 3. The zero-order valence-corrected chi connectivity index (χ0v) is 29.7. The van der Waals surface area contributed by atoms with Crippen LogP contribution in [0.4, 0.5) is 0 Å². The molecular formula is C41H38N4OPt. The Hall–Kier alpha value is -4.47. The number of ether oxygens (including phenoxy) is 1. The van der Waals surface area contributed by atoms with E-state index in [4.69, 9.17) is 14.8 Å². The maximum atomic E-state index is 6.47. The van der Waals surface area contributed by atoms with E-state index in [1.807, 2.05) is 41.2 Å². The molecule has 7 rings (SSSR count). The van der Waals surface area contributed by atoms with Crippen LogP contribution in [0.15, 0.2) is 97.2 Å². The summed E-state index contributed by atoms with van der Waals surface area (Å²) < 4.78 is 10.7. The summed E-state index contributed by atoms with van der Waals surface area (Å²) in [6.07, 6.45) is 4.59. The Balaban J connectivity index is 0.00000386. The van der Waals surface area contributed by atoms with Gasteiger partial charge in [0.2, 0.25) is 0 Å². The average molecular weight is 798 g/mol. The number of hydrogen-bond donors (Lipinski definition) is 0. The van der Waals surface area contributed by atoms with Gasteiger partial charge in [0.15, 0.2) is 0 Å². The van der Waals surface area contributed by atoms with Crippen LogP contribution in [-0.2, 0) is 40.3 Å². The van der Waals surface area contributed by atoms with E-state index in [9.17, 15) is 0 Å². The molecule has 47 heavy (non-hydrogen) atoms. The number of rotatable bonds is 9. The molecule has 0 saturated heterocycles. The molecule has 0 bridgehead atoms. The summed E-state index contributed by atoms with van der Waals surface area (Å²) in [5.41, 5.74) is 10.0. The molecule has 0 amide bonds. The van der Waals surface area contributed by atoms with Gasteiger partial charge in [-0.05, 0) is 78.1 Å². The van der Waals surface area contributed by atoms with Crippen molar-refractivity contribution >= 4 is 21.8 Å². The van der Waals surface area contributed by atoms with Crippen molar-refractivity contribution in [2.75, 3.05) is 0 Å². The predicted octanol–water partition coefficient (Wildman–Crippen LogP) is 10.1. The smallest absolute Gasteiger partial charge is 0.509 e. The molecule has 0 atom stereocenters. The Kier molecular flexibility index (Phi) is 9.47. The normalized spacial score (nSPS) is 11.4. The van der Waals surface area contributed by atoms with Crippen LogP contribution in [0.25, 0.3) is 44.4 Å². The quantitative estimate of drug-likeness (QED) is 0.137. The molecule has 0 aliphatic rings. The molecule has 0 aliphatic heterocycles. The summed E-state index contributed by atoms with van der Waals surface area (Å²) in [5.74, 6) is 2.68. The van der Waals surface area contributed by atoms with Crippen LogP contribution < -0.4 is 4.74 Å². The van der Waals surface area contributed by atoms with Gasteiger partial charge < -0.3 is 9.30 Å². The third-order valence-electron chi connectivity index (χ3n) is 8.47. The number of benzene rings is 4. The summed E-state index contributed by atoms with van der Waals surface area (Å²) in [6, 6.07) is 38.6. The predicted molar refractivity (Wildman–Crippen MR) is 187 cm³/mol. The number of pyridine rings is 1. The second kappa shape index (κ2) is 13.7. The Bertz CT molecular complexity index is 2180. The van der Waals surface area contributed by atoms with E-state index in [1.165, 1.54) is 22.1 Å². The van der Waals surface area contributed by atoms with Crippen molar-refractivity contribution in [1.29, 1.82) is 0 Å². The first-order valence-electron chi connectivity index (χ1n) is 16.2.